The molecule has 2 heterocycles. The van der Waals surface area contributed by atoms with E-state index in [1.54, 1.807) is 0 Å². The molecular weight excluding hydrogens is 408 g/mol. The molecule has 2 N–H and O–H groups in total. The number of amides is 1. The number of cyclic esters (lactones) is 1. The molecule has 7 heteroatoms. The molecule has 0 bridgehead atoms. The van der Waals surface area contributed by atoms with Crippen molar-refractivity contribution in [2.45, 2.75) is 84.0 Å². The summed E-state index contributed by atoms with van der Waals surface area (Å²) in [6.45, 7) is 13.6. The van der Waals surface area contributed by atoms with Gasteiger partial charge in [0.2, 0.25) is 0 Å². The minimum atomic E-state index is -0.779. The molecule has 0 aromatic heterocycles. The Kier molecular flexibility index (Phi) is 11.2. The van der Waals surface area contributed by atoms with Gasteiger partial charge in [0.05, 0.1) is 12.5 Å². The average Bonchev–Trinajstić information content (AvgIpc) is 2.75. The standard InChI is InChI=1S/C25H42N2O5/c1-18(2)24-20(4)10-12-22(19(3)9-11-21(28)17-23(29)32-24)31-25(30)26-13-8-16-27-14-6-5-7-15-27/h10,12,19-22,24,28H,1,5-9,11,13-17H2,2-4H3,(H,26,30)/b12-10+. The first-order valence-electron chi connectivity index (χ1n) is 12.1. The number of nitrogens with one attached hydrogen (secondary N) is 1. The third-order valence-corrected chi connectivity index (χ3v) is 6.36. The van der Waals surface area contributed by atoms with E-state index in [-0.39, 0.29) is 18.3 Å². The van der Waals surface area contributed by atoms with Crippen LogP contribution in [0.15, 0.2) is 24.3 Å². The van der Waals surface area contributed by atoms with Crippen molar-refractivity contribution in [3.05, 3.63) is 24.3 Å². The summed E-state index contributed by atoms with van der Waals surface area (Å²) in [5, 5.41) is 13.1. The highest BCUT2D eigenvalue weighted by atomic mass is 16.6. The van der Waals surface area contributed by atoms with Gasteiger partial charge >= 0.3 is 12.1 Å². The average molecular weight is 451 g/mol. The molecule has 0 radical (unpaired) electrons. The van der Waals surface area contributed by atoms with Gasteiger partial charge in [-0.1, -0.05) is 32.9 Å². The molecule has 5 unspecified atom stereocenters. The molecule has 182 valence electrons. The van der Waals surface area contributed by atoms with Gasteiger partial charge in [0, 0.05) is 12.5 Å². The smallest absolute Gasteiger partial charge is 0.407 e. The molecular formula is C25H42N2O5. The van der Waals surface area contributed by atoms with Crippen LogP contribution in [0.25, 0.3) is 0 Å². The Bertz CT molecular complexity index is 644. The topological polar surface area (TPSA) is 88.1 Å². The molecule has 1 saturated heterocycles. The fourth-order valence-electron chi connectivity index (χ4n) is 4.33. The van der Waals surface area contributed by atoms with E-state index in [1.165, 1.54) is 19.3 Å². The Hall–Kier alpha value is -1.86. The van der Waals surface area contributed by atoms with Crippen LogP contribution in [-0.4, -0.2) is 66.6 Å². The van der Waals surface area contributed by atoms with E-state index in [9.17, 15) is 14.7 Å². The second-order valence-corrected chi connectivity index (χ2v) is 9.47. The Morgan fingerprint density at radius 1 is 1.25 bits per heavy atom. The zero-order valence-electron chi connectivity index (χ0n) is 20.1. The Morgan fingerprint density at radius 2 is 1.97 bits per heavy atom. The van der Waals surface area contributed by atoms with Gasteiger partial charge in [-0.05, 0) is 76.2 Å². The number of aliphatic hydroxyl groups is 1. The predicted octanol–water partition coefficient (Wildman–Crippen LogP) is 3.82. The SMILES string of the molecule is C=C(C)C1OC(=O)CC(O)CCC(C)C(OC(=O)NCCCN2CCCCC2)/C=C/C1C. The number of hydrogen-bond donors (Lipinski definition) is 2. The van der Waals surface area contributed by atoms with Gasteiger partial charge < -0.3 is 24.8 Å². The van der Waals surface area contributed by atoms with Gasteiger partial charge in [-0.15, -0.1) is 0 Å². The summed E-state index contributed by atoms with van der Waals surface area (Å²) in [5.41, 5.74) is 0.735. The summed E-state index contributed by atoms with van der Waals surface area (Å²) in [6.07, 6.45) is 7.47. The molecule has 0 aromatic carbocycles. The van der Waals surface area contributed by atoms with Crippen molar-refractivity contribution < 1.29 is 24.2 Å². The lowest BCUT2D eigenvalue weighted by atomic mass is 9.92. The van der Waals surface area contributed by atoms with Crippen LogP contribution in [0.4, 0.5) is 4.79 Å². The number of nitrogens with zero attached hydrogens (tertiary/aromatic N) is 1. The van der Waals surface area contributed by atoms with Crippen LogP contribution in [0.2, 0.25) is 0 Å². The van der Waals surface area contributed by atoms with E-state index in [0.29, 0.717) is 19.4 Å². The minimum Gasteiger partial charge on any atom is -0.457 e. The summed E-state index contributed by atoms with van der Waals surface area (Å²) in [6, 6.07) is 0. The molecule has 0 aliphatic carbocycles. The first-order chi connectivity index (χ1) is 15.3. The number of carbonyl (C=O) groups is 2. The predicted molar refractivity (Wildman–Crippen MR) is 125 cm³/mol. The Labute approximate surface area is 193 Å². The van der Waals surface area contributed by atoms with E-state index in [1.807, 2.05) is 32.9 Å². The molecule has 2 rings (SSSR count). The summed E-state index contributed by atoms with van der Waals surface area (Å²) < 4.78 is 11.3. The number of aliphatic hydroxyl groups excluding tert-OH is 1. The van der Waals surface area contributed by atoms with E-state index >= 15 is 0 Å². The van der Waals surface area contributed by atoms with Crippen LogP contribution in [-0.2, 0) is 14.3 Å². The zero-order valence-corrected chi connectivity index (χ0v) is 20.1. The lowest BCUT2D eigenvalue weighted by molar-refractivity contribution is -0.151. The highest BCUT2D eigenvalue weighted by Gasteiger charge is 2.26. The molecule has 0 aromatic rings. The molecule has 5 atom stereocenters. The maximum atomic E-state index is 12.4. The minimum absolute atomic E-state index is 0.00549. The zero-order chi connectivity index (χ0) is 23.5. The van der Waals surface area contributed by atoms with Crippen molar-refractivity contribution in [2.24, 2.45) is 11.8 Å². The van der Waals surface area contributed by atoms with Gasteiger partial charge in [0.15, 0.2) is 0 Å². The van der Waals surface area contributed by atoms with Crippen LogP contribution in [0.3, 0.4) is 0 Å². The Balaban J connectivity index is 1.93. The number of alkyl carbamates (subject to hydrolysis) is 1. The van der Waals surface area contributed by atoms with Gasteiger partial charge in [-0.3, -0.25) is 4.79 Å². The van der Waals surface area contributed by atoms with E-state index in [0.717, 1.165) is 31.6 Å². The lowest BCUT2D eigenvalue weighted by Crippen LogP contribution is -2.35. The molecule has 0 spiro atoms. The fourth-order valence-corrected chi connectivity index (χ4v) is 4.33. The maximum Gasteiger partial charge on any atom is 0.407 e. The molecule has 1 fully saturated rings. The van der Waals surface area contributed by atoms with Gasteiger partial charge in [0.1, 0.15) is 12.2 Å². The molecule has 1 amide bonds. The monoisotopic (exact) mass is 450 g/mol. The molecule has 7 nitrogen and oxygen atoms in total. The second kappa shape index (κ2) is 13.6. The van der Waals surface area contributed by atoms with Crippen LogP contribution < -0.4 is 5.32 Å². The van der Waals surface area contributed by atoms with E-state index in [2.05, 4.69) is 16.8 Å². The first-order valence-corrected chi connectivity index (χ1v) is 12.1. The molecule has 2 aliphatic rings. The summed E-state index contributed by atoms with van der Waals surface area (Å²) in [5.74, 6) is -0.541. The van der Waals surface area contributed by atoms with Crippen LogP contribution in [0.1, 0.15) is 65.7 Å². The van der Waals surface area contributed by atoms with Crippen molar-refractivity contribution in [3.63, 3.8) is 0 Å². The van der Waals surface area contributed by atoms with Crippen LogP contribution in [0, 0.1) is 11.8 Å². The lowest BCUT2D eigenvalue weighted by Gasteiger charge is -2.27. The maximum absolute atomic E-state index is 12.4. The second-order valence-electron chi connectivity index (χ2n) is 9.47. The third kappa shape index (κ3) is 9.33. The van der Waals surface area contributed by atoms with Gasteiger partial charge in [0.25, 0.3) is 0 Å². The number of piperidine rings is 1. The number of ether oxygens (including phenoxy) is 2. The highest BCUT2D eigenvalue weighted by molar-refractivity contribution is 5.70. The number of carbonyl (C=O) groups excluding carboxylic acids is 2. The first kappa shape index (κ1) is 26.4. The van der Waals surface area contributed by atoms with Crippen molar-refractivity contribution in [1.82, 2.24) is 10.2 Å². The molecule has 0 saturated carbocycles. The largest absolute Gasteiger partial charge is 0.457 e. The number of rotatable bonds is 6. The number of esters is 1. The van der Waals surface area contributed by atoms with E-state index < -0.39 is 30.4 Å². The number of hydrogen-bond acceptors (Lipinski definition) is 6. The van der Waals surface area contributed by atoms with E-state index in [4.69, 9.17) is 9.47 Å². The van der Waals surface area contributed by atoms with Gasteiger partial charge in [-0.2, -0.15) is 0 Å². The fraction of sp³-hybridized carbons (Fsp3) is 0.760. The quantitative estimate of drug-likeness (QED) is 0.363. The summed E-state index contributed by atoms with van der Waals surface area (Å²) in [7, 11) is 0. The van der Waals surface area contributed by atoms with Crippen molar-refractivity contribution in [1.29, 1.82) is 0 Å². The van der Waals surface area contributed by atoms with Crippen molar-refractivity contribution >= 4 is 12.1 Å². The highest BCUT2D eigenvalue weighted by Crippen LogP contribution is 2.23. The number of likely N-dealkylation sites (tertiary alicyclic amines) is 1. The van der Waals surface area contributed by atoms with Crippen molar-refractivity contribution in [2.75, 3.05) is 26.2 Å². The van der Waals surface area contributed by atoms with Crippen molar-refractivity contribution in [3.8, 4) is 0 Å². The third-order valence-electron chi connectivity index (χ3n) is 6.36. The Morgan fingerprint density at radius 3 is 2.66 bits per heavy atom. The van der Waals surface area contributed by atoms with Crippen LogP contribution in [0.5, 0.6) is 0 Å². The normalized spacial score (nSPS) is 31.5. The van der Waals surface area contributed by atoms with Gasteiger partial charge in [-0.25, -0.2) is 4.79 Å². The van der Waals surface area contributed by atoms with Crippen LogP contribution >= 0.6 is 0 Å². The summed E-state index contributed by atoms with van der Waals surface area (Å²) >= 11 is 0. The summed E-state index contributed by atoms with van der Waals surface area (Å²) in [4.78, 5) is 27.0. The molecule has 2 aliphatic heterocycles. The molecule has 32 heavy (non-hydrogen) atoms.